The lowest BCUT2D eigenvalue weighted by Crippen LogP contribution is -2.21. The first-order valence-electron chi connectivity index (χ1n) is 4.58. The molecule has 5 nitrogen and oxygen atoms in total. The molecule has 0 radical (unpaired) electrons. The van der Waals surface area contributed by atoms with Gasteiger partial charge in [-0.05, 0) is 14.1 Å². The van der Waals surface area contributed by atoms with Crippen LogP contribution in [0.15, 0.2) is 5.38 Å². The highest BCUT2D eigenvalue weighted by molar-refractivity contribution is 7.09. The topological polar surface area (TPSA) is 79.5 Å². The van der Waals surface area contributed by atoms with Crippen molar-refractivity contribution in [2.75, 3.05) is 20.6 Å². The Balaban J connectivity index is 2.60. The quantitative estimate of drug-likeness (QED) is 0.760. The van der Waals surface area contributed by atoms with Crippen molar-refractivity contribution in [2.45, 2.75) is 12.5 Å². The zero-order valence-corrected chi connectivity index (χ0v) is 9.62. The van der Waals surface area contributed by atoms with Gasteiger partial charge in [0.1, 0.15) is 6.04 Å². The molecule has 0 fully saturated rings. The Hall–Kier alpha value is -0.980. The molecule has 6 heteroatoms. The van der Waals surface area contributed by atoms with Gasteiger partial charge >= 0.3 is 5.97 Å². The van der Waals surface area contributed by atoms with Gasteiger partial charge < -0.3 is 15.7 Å². The van der Waals surface area contributed by atoms with E-state index >= 15 is 0 Å². The molecule has 0 aliphatic carbocycles. The first-order chi connectivity index (χ1) is 7.00. The van der Waals surface area contributed by atoms with Crippen molar-refractivity contribution in [3.05, 3.63) is 16.1 Å². The molecule has 0 amide bonds. The summed E-state index contributed by atoms with van der Waals surface area (Å²) < 4.78 is 0. The van der Waals surface area contributed by atoms with E-state index in [1.165, 1.54) is 11.3 Å². The Kier molecular flexibility index (Phi) is 4.19. The number of rotatable bonds is 5. The molecule has 1 unspecified atom stereocenters. The number of likely N-dealkylation sites (N-methyl/N-ethyl adjacent to an activating group) is 1. The fraction of sp³-hybridized carbons (Fsp3) is 0.556. The number of thiazole rings is 1. The van der Waals surface area contributed by atoms with Gasteiger partial charge in [-0.25, -0.2) is 4.98 Å². The van der Waals surface area contributed by atoms with Gasteiger partial charge in [-0.1, -0.05) is 0 Å². The lowest BCUT2D eigenvalue weighted by molar-refractivity contribution is -0.138. The molecule has 0 aliphatic heterocycles. The summed E-state index contributed by atoms with van der Waals surface area (Å²) in [4.78, 5) is 16.8. The van der Waals surface area contributed by atoms with Gasteiger partial charge in [0.25, 0.3) is 0 Å². The number of nitrogens with two attached hydrogens (primary N) is 1. The summed E-state index contributed by atoms with van der Waals surface area (Å²) in [6.45, 7) is 0.898. The number of hydrogen-bond donors (Lipinski definition) is 2. The normalized spacial score (nSPS) is 13.1. The van der Waals surface area contributed by atoms with Gasteiger partial charge in [0.05, 0.1) is 10.7 Å². The minimum Gasteiger partial charge on any atom is -0.480 e. The summed E-state index contributed by atoms with van der Waals surface area (Å²) in [5.41, 5.74) is 5.89. The predicted octanol–water partition coefficient (Wildman–Crippen LogP) is 0.332. The Morgan fingerprint density at radius 1 is 1.73 bits per heavy atom. The average Bonchev–Trinajstić information content (AvgIpc) is 2.61. The Morgan fingerprint density at radius 3 is 2.93 bits per heavy atom. The van der Waals surface area contributed by atoms with Crippen LogP contribution in [-0.2, 0) is 11.2 Å². The monoisotopic (exact) mass is 229 g/mol. The molecule has 3 N–H and O–H groups in total. The number of carboxylic acids is 1. The lowest BCUT2D eigenvalue weighted by atomic mass is 10.2. The molecule has 0 bridgehead atoms. The molecule has 1 atom stereocenters. The smallest absolute Gasteiger partial charge is 0.326 e. The fourth-order valence-electron chi connectivity index (χ4n) is 1.03. The SMILES string of the molecule is CN(C)CCc1nc(C(N)C(=O)O)cs1. The van der Waals surface area contributed by atoms with Crippen LogP contribution in [0.5, 0.6) is 0 Å². The lowest BCUT2D eigenvalue weighted by Gasteiger charge is -2.06. The van der Waals surface area contributed by atoms with Crippen molar-refractivity contribution in [2.24, 2.45) is 5.73 Å². The van der Waals surface area contributed by atoms with E-state index in [4.69, 9.17) is 10.8 Å². The molecule has 1 aromatic heterocycles. The Labute approximate surface area is 92.5 Å². The van der Waals surface area contributed by atoms with Crippen LogP contribution in [0, 0.1) is 0 Å². The van der Waals surface area contributed by atoms with E-state index in [1.807, 2.05) is 14.1 Å². The zero-order chi connectivity index (χ0) is 11.4. The molecule has 0 saturated heterocycles. The van der Waals surface area contributed by atoms with Crippen molar-refractivity contribution in [3.8, 4) is 0 Å². The molecule has 15 heavy (non-hydrogen) atoms. The summed E-state index contributed by atoms with van der Waals surface area (Å²) in [5.74, 6) is -1.04. The molecule has 0 aliphatic rings. The second kappa shape index (κ2) is 5.20. The summed E-state index contributed by atoms with van der Waals surface area (Å²) in [6, 6.07) is -1.01. The molecule has 1 rings (SSSR count). The third kappa shape index (κ3) is 3.58. The number of carboxylic acid groups (broad SMARTS) is 1. The molecule has 1 heterocycles. The van der Waals surface area contributed by atoms with Gasteiger partial charge in [-0.2, -0.15) is 0 Å². The largest absolute Gasteiger partial charge is 0.480 e. The minimum absolute atomic E-state index is 0.446. The van der Waals surface area contributed by atoms with Crippen LogP contribution in [0.4, 0.5) is 0 Å². The van der Waals surface area contributed by atoms with E-state index in [-0.39, 0.29) is 0 Å². The van der Waals surface area contributed by atoms with Crippen LogP contribution >= 0.6 is 11.3 Å². The number of nitrogens with zero attached hydrogens (tertiary/aromatic N) is 2. The molecule has 84 valence electrons. The van der Waals surface area contributed by atoms with E-state index < -0.39 is 12.0 Å². The Morgan fingerprint density at radius 2 is 2.40 bits per heavy atom. The molecular weight excluding hydrogens is 214 g/mol. The maximum atomic E-state index is 10.6. The number of aliphatic carboxylic acids is 1. The maximum absolute atomic E-state index is 10.6. The van der Waals surface area contributed by atoms with Gasteiger partial charge in [-0.3, -0.25) is 4.79 Å². The van der Waals surface area contributed by atoms with Crippen LogP contribution in [0.2, 0.25) is 0 Å². The molecular formula is C9H15N3O2S. The molecule has 0 spiro atoms. The average molecular weight is 229 g/mol. The number of aromatic nitrogens is 1. The molecule has 1 aromatic rings. The maximum Gasteiger partial charge on any atom is 0.326 e. The standard InChI is InChI=1S/C9H15N3O2S/c1-12(2)4-3-7-11-6(5-15-7)8(10)9(13)14/h5,8H,3-4,10H2,1-2H3,(H,13,14). The number of carbonyl (C=O) groups is 1. The van der Waals surface area contributed by atoms with Gasteiger partial charge in [0.15, 0.2) is 0 Å². The van der Waals surface area contributed by atoms with Crippen LogP contribution in [0.1, 0.15) is 16.7 Å². The second-order valence-corrected chi connectivity index (χ2v) is 4.48. The highest BCUT2D eigenvalue weighted by Gasteiger charge is 2.17. The van der Waals surface area contributed by atoms with Crippen LogP contribution < -0.4 is 5.73 Å². The van der Waals surface area contributed by atoms with Crippen molar-refractivity contribution in [1.29, 1.82) is 0 Å². The van der Waals surface area contributed by atoms with E-state index in [0.717, 1.165) is 18.0 Å². The zero-order valence-electron chi connectivity index (χ0n) is 8.80. The molecule has 0 aromatic carbocycles. The second-order valence-electron chi connectivity index (χ2n) is 3.54. The van der Waals surface area contributed by atoms with E-state index in [9.17, 15) is 4.79 Å². The summed E-state index contributed by atoms with van der Waals surface area (Å²) in [5, 5.41) is 11.3. The van der Waals surface area contributed by atoms with Crippen molar-refractivity contribution >= 4 is 17.3 Å². The number of hydrogen-bond acceptors (Lipinski definition) is 5. The van der Waals surface area contributed by atoms with Gasteiger partial charge in [0, 0.05) is 18.3 Å². The van der Waals surface area contributed by atoms with E-state index in [2.05, 4.69) is 9.88 Å². The fourth-order valence-corrected chi connectivity index (χ4v) is 1.85. The Bertz CT molecular complexity index is 338. The predicted molar refractivity (Wildman–Crippen MR) is 58.9 cm³/mol. The summed E-state index contributed by atoms with van der Waals surface area (Å²) >= 11 is 1.46. The van der Waals surface area contributed by atoms with Crippen molar-refractivity contribution < 1.29 is 9.90 Å². The summed E-state index contributed by atoms with van der Waals surface area (Å²) in [6.07, 6.45) is 0.823. The molecule has 0 saturated carbocycles. The van der Waals surface area contributed by atoms with E-state index in [1.54, 1.807) is 5.38 Å². The van der Waals surface area contributed by atoms with Gasteiger partial charge in [0.2, 0.25) is 0 Å². The van der Waals surface area contributed by atoms with Gasteiger partial charge in [-0.15, -0.1) is 11.3 Å². The third-order valence-corrected chi connectivity index (χ3v) is 2.85. The van der Waals surface area contributed by atoms with Crippen LogP contribution in [0.25, 0.3) is 0 Å². The van der Waals surface area contributed by atoms with E-state index in [0.29, 0.717) is 5.69 Å². The van der Waals surface area contributed by atoms with Crippen LogP contribution in [-0.4, -0.2) is 41.6 Å². The first kappa shape index (κ1) is 12.1. The van der Waals surface area contributed by atoms with Crippen molar-refractivity contribution in [3.63, 3.8) is 0 Å². The highest BCUT2D eigenvalue weighted by Crippen LogP contribution is 2.15. The van der Waals surface area contributed by atoms with Crippen LogP contribution in [0.3, 0.4) is 0 Å². The summed E-state index contributed by atoms with van der Waals surface area (Å²) in [7, 11) is 3.97. The first-order valence-corrected chi connectivity index (χ1v) is 5.46. The minimum atomic E-state index is -1.04. The highest BCUT2D eigenvalue weighted by atomic mass is 32.1. The third-order valence-electron chi connectivity index (χ3n) is 1.93. The van der Waals surface area contributed by atoms with Crippen molar-refractivity contribution in [1.82, 2.24) is 9.88 Å².